The summed E-state index contributed by atoms with van der Waals surface area (Å²) in [5.41, 5.74) is 2.14. The van der Waals surface area contributed by atoms with Gasteiger partial charge in [-0.3, -0.25) is 14.6 Å². The van der Waals surface area contributed by atoms with Crippen molar-refractivity contribution in [3.63, 3.8) is 0 Å². The van der Waals surface area contributed by atoms with Crippen LogP contribution in [0.15, 0.2) is 53.6 Å². The van der Waals surface area contributed by atoms with E-state index in [1.54, 1.807) is 36.7 Å². The average molecular weight is 363 g/mol. The first-order chi connectivity index (χ1) is 12.6. The Hall–Kier alpha value is -3.39. The summed E-state index contributed by atoms with van der Waals surface area (Å²) >= 11 is 1.28. The Kier molecular flexibility index (Phi) is 4.02. The molecule has 0 aliphatic carbocycles. The van der Waals surface area contributed by atoms with Gasteiger partial charge in [0.25, 0.3) is 5.56 Å². The molecule has 26 heavy (non-hydrogen) atoms. The van der Waals surface area contributed by atoms with Gasteiger partial charge in [0.2, 0.25) is 10.9 Å². The zero-order chi connectivity index (χ0) is 18.1. The minimum absolute atomic E-state index is 0.126. The molecule has 7 nitrogen and oxygen atoms in total. The number of rotatable bonds is 3. The van der Waals surface area contributed by atoms with Gasteiger partial charge in [0.1, 0.15) is 0 Å². The summed E-state index contributed by atoms with van der Waals surface area (Å²) in [6, 6.07) is 10.9. The normalized spacial score (nSPS) is 11.8. The van der Waals surface area contributed by atoms with Gasteiger partial charge in [0, 0.05) is 30.6 Å². The van der Waals surface area contributed by atoms with Crippen LogP contribution in [0.5, 0.6) is 0 Å². The number of nitrogens with one attached hydrogen (secondary N) is 1. The standard InChI is InChI=1S/C18H13N5O2S/c1-11(24)20-14-6-4-12(5-7-14)9-15-17(25)23-16(21-22-18(23)26-15)13-3-2-8-19-10-13/h2-10H,1H3,(H,20,24). The van der Waals surface area contributed by atoms with Crippen molar-refractivity contribution in [2.24, 2.45) is 0 Å². The Balaban J connectivity index is 1.77. The zero-order valence-corrected chi connectivity index (χ0v) is 14.5. The van der Waals surface area contributed by atoms with Crippen LogP contribution in [0.1, 0.15) is 12.5 Å². The van der Waals surface area contributed by atoms with Gasteiger partial charge in [0.15, 0.2) is 5.82 Å². The van der Waals surface area contributed by atoms with E-state index in [4.69, 9.17) is 0 Å². The van der Waals surface area contributed by atoms with Crippen LogP contribution in [-0.4, -0.2) is 25.5 Å². The number of hydrogen-bond acceptors (Lipinski definition) is 6. The molecular formula is C18H13N5O2S. The van der Waals surface area contributed by atoms with E-state index in [-0.39, 0.29) is 11.5 Å². The quantitative estimate of drug-likeness (QED) is 0.599. The number of nitrogens with zero attached hydrogens (tertiary/aromatic N) is 4. The number of fused-ring (bicyclic) bond motifs is 1. The smallest absolute Gasteiger partial charge is 0.276 e. The number of benzene rings is 1. The highest BCUT2D eigenvalue weighted by molar-refractivity contribution is 7.15. The van der Waals surface area contributed by atoms with E-state index in [1.807, 2.05) is 18.2 Å². The molecule has 3 aromatic heterocycles. The van der Waals surface area contributed by atoms with Gasteiger partial charge in [-0.15, -0.1) is 10.2 Å². The SMILES string of the molecule is CC(=O)Nc1ccc(C=c2sc3nnc(-c4cccnc4)n3c2=O)cc1. The molecule has 0 saturated carbocycles. The molecular weight excluding hydrogens is 350 g/mol. The van der Waals surface area contributed by atoms with E-state index in [9.17, 15) is 9.59 Å². The number of amides is 1. The van der Waals surface area contributed by atoms with Crippen molar-refractivity contribution in [1.29, 1.82) is 0 Å². The molecule has 3 heterocycles. The molecule has 0 atom stereocenters. The lowest BCUT2D eigenvalue weighted by Crippen LogP contribution is -2.23. The topological polar surface area (TPSA) is 89.2 Å². The molecule has 0 bridgehead atoms. The van der Waals surface area contributed by atoms with Gasteiger partial charge in [-0.1, -0.05) is 23.5 Å². The van der Waals surface area contributed by atoms with Gasteiger partial charge in [-0.25, -0.2) is 4.40 Å². The average Bonchev–Trinajstić information content (AvgIpc) is 3.18. The molecule has 1 amide bonds. The number of anilines is 1. The maximum absolute atomic E-state index is 12.8. The van der Waals surface area contributed by atoms with Crippen LogP contribution in [0.3, 0.4) is 0 Å². The van der Waals surface area contributed by atoms with E-state index in [0.717, 1.165) is 11.1 Å². The molecule has 0 aliphatic heterocycles. The molecule has 1 N–H and O–H groups in total. The van der Waals surface area contributed by atoms with Crippen LogP contribution >= 0.6 is 11.3 Å². The largest absolute Gasteiger partial charge is 0.326 e. The number of pyridine rings is 1. The maximum atomic E-state index is 12.8. The summed E-state index contributed by atoms with van der Waals surface area (Å²) in [7, 11) is 0. The fourth-order valence-electron chi connectivity index (χ4n) is 2.56. The van der Waals surface area contributed by atoms with E-state index in [1.165, 1.54) is 22.7 Å². The molecule has 0 fully saturated rings. The summed E-state index contributed by atoms with van der Waals surface area (Å²) in [5.74, 6) is 0.355. The summed E-state index contributed by atoms with van der Waals surface area (Å²) in [4.78, 5) is 28.5. The van der Waals surface area contributed by atoms with Crippen molar-refractivity contribution in [3.8, 4) is 11.4 Å². The first-order valence-electron chi connectivity index (χ1n) is 7.79. The molecule has 8 heteroatoms. The molecule has 0 saturated heterocycles. The lowest BCUT2D eigenvalue weighted by molar-refractivity contribution is -0.114. The Bertz CT molecular complexity index is 1200. The van der Waals surface area contributed by atoms with Crippen molar-refractivity contribution < 1.29 is 4.79 Å². The van der Waals surface area contributed by atoms with Gasteiger partial charge >= 0.3 is 0 Å². The monoisotopic (exact) mass is 363 g/mol. The van der Waals surface area contributed by atoms with Gasteiger partial charge in [0.05, 0.1) is 4.53 Å². The van der Waals surface area contributed by atoms with Crippen molar-refractivity contribution in [3.05, 3.63) is 69.2 Å². The molecule has 128 valence electrons. The third-order valence-corrected chi connectivity index (χ3v) is 4.66. The molecule has 4 rings (SSSR count). The minimum atomic E-state index is -0.167. The molecule has 0 spiro atoms. The van der Waals surface area contributed by atoms with Crippen LogP contribution in [0.4, 0.5) is 5.69 Å². The molecule has 1 aromatic carbocycles. The van der Waals surface area contributed by atoms with Crippen molar-refractivity contribution in [2.75, 3.05) is 5.32 Å². The summed E-state index contributed by atoms with van der Waals surface area (Å²) in [6.45, 7) is 1.46. The van der Waals surface area contributed by atoms with Gasteiger partial charge in [-0.05, 0) is 35.9 Å². The highest BCUT2D eigenvalue weighted by Crippen LogP contribution is 2.16. The predicted molar refractivity (Wildman–Crippen MR) is 99.9 cm³/mol. The van der Waals surface area contributed by atoms with Crippen molar-refractivity contribution in [2.45, 2.75) is 6.92 Å². The lowest BCUT2D eigenvalue weighted by atomic mass is 10.2. The minimum Gasteiger partial charge on any atom is -0.326 e. The summed E-state index contributed by atoms with van der Waals surface area (Å²) < 4.78 is 2.06. The first-order valence-corrected chi connectivity index (χ1v) is 8.61. The van der Waals surface area contributed by atoms with Crippen LogP contribution in [0, 0.1) is 0 Å². The fraction of sp³-hybridized carbons (Fsp3) is 0.0556. The summed E-state index contributed by atoms with van der Waals surface area (Å²) in [5, 5.41) is 10.9. The number of aromatic nitrogens is 4. The molecule has 0 unspecified atom stereocenters. The van der Waals surface area contributed by atoms with Crippen LogP contribution in [-0.2, 0) is 4.79 Å². The summed E-state index contributed by atoms with van der Waals surface area (Å²) in [6.07, 6.45) is 5.11. The zero-order valence-electron chi connectivity index (χ0n) is 13.7. The number of thiazole rings is 1. The lowest BCUT2D eigenvalue weighted by Gasteiger charge is -2.01. The van der Waals surface area contributed by atoms with E-state index in [2.05, 4.69) is 20.5 Å². The maximum Gasteiger partial charge on any atom is 0.276 e. The van der Waals surface area contributed by atoms with Crippen molar-refractivity contribution >= 4 is 34.0 Å². The van der Waals surface area contributed by atoms with Crippen LogP contribution in [0.2, 0.25) is 0 Å². The second-order valence-corrected chi connectivity index (χ2v) is 6.61. The fourth-order valence-corrected chi connectivity index (χ4v) is 3.47. The predicted octanol–water partition coefficient (Wildman–Crippen LogP) is 1.72. The Morgan fingerprint density at radius 3 is 2.69 bits per heavy atom. The first kappa shape index (κ1) is 16.1. The number of carbonyl (C=O) groups is 1. The Labute approximate surface area is 151 Å². The van der Waals surface area contributed by atoms with Crippen LogP contribution < -0.4 is 15.4 Å². The van der Waals surface area contributed by atoms with E-state index in [0.29, 0.717) is 21.0 Å². The third kappa shape index (κ3) is 2.98. The van der Waals surface area contributed by atoms with Crippen LogP contribution in [0.25, 0.3) is 22.4 Å². The Morgan fingerprint density at radius 1 is 1.19 bits per heavy atom. The second-order valence-electron chi connectivity index (χ2n) is 5.60. The number of carbonyl (C=O) groups excluding carboxylic acids is 1. The highest BCUT2D eigenvalue weighted by atomic mass is 32.1. The van der Waals surface area contributed by atoms with Crippen molar-refractivity contribution in [1.82, 2.24) is 19.6 Å². The van der Waals surface area contributed by atoms with Gasteiger partial charge in [-0.2, -0.15) is 0 Å². The molecule has 0 radical (unpaired) electrons. The van der Waals surface area contributed by atoms with Gasteiger partial charge < -0.3 is 5.32 Å². The number of hydrogen-bond donors (Lipinski definition) is 1. The Morgan fingerprint density at radius 2 is 2.00 bits per heavy atom. The van der Waals surface area contributed by atoms with E-state index >= 15 is 0 Å². The third-order valence-electron chi connectivity index (χ3n) is 3.70. The molecule has 4 aromatic rings. The molecule has 0 aliphatic rings. The second kappa shape index (κ2) is 6.49. The highest BCUT2D eigenvalue weighted by Gasteiger charge is 2.14. The van der Waals surface area contributed by atoms with E-state index < -0.39 is 0 Å².